The summed E-state index contributed by atoms with van der Waals surface area (Å²) >= 11 is 5.77. The first-order chi connectivity index (χ1) is 8.66. The molecule has 2 rings (SSSR count). The minimum absolute atomic E-state index is 0.0168. The monoisotopic (exact) mass is 268 g/mol. The molecule has 0 bridgehead atoms. The maximum atomic E-state index is 10.8. The van der Waals surface area contributed by atoms with Gasteiger partial charge in [-0.25, -0.2) is 0 Å². The molecule has 1 saturated carbocycles. The van der Waals surface area contributed by atoms with Crippen LogP contribution in [0.15, 0.2) is 18.2 Å². The van der Waals surface area contributed by atoms with Gasteiger partial charge < -0.3 is 5.32 Å². The Bertz CT molecular complexity index is 431. The van der Waals surface area contributed by atoms with Crippen LogP contribution in [-0.2, 0) is 6.54 Å². The summed E-state index contributed by atoms with van der Waals surface area (Å²) in [6, 6.07) is 4.97. The Kier molecular flexibility index (Phi) is 4.55. The van der Waals surface area contributed by atoms with Gasteiger partial charge in [0, 0.05) is 12.6 Å². The Labute approximate surface area is 111 Å². The van der Waals surface area contributed by atoms with E-state index in [1.165, 1.54) is 25.7 Å². The number of nitrogens with one attached hydrogen (secondary N) is 1. The molecule has 0 aliphatic heterocycles. The van der Waals surface area contributed by atoms with E-state index in [1.54, 1.807) is 12.1 Å². The van der Waals surface area contributed by atoms with Crippen molar-refractivity contribution >= 4 is 17.3 Å². The summed E-state index contributed by atoms with van der Waals surface area (Å²) in [5.74, 6) is 0.771. The zero-order valence-electron chi connectivity index (χ0n) is 10.2. The molecule has 1 aliphatic carbocycles. The first-order valence-corrected chi connectivity index (χ1v) is 6.68. The minimum Gasteiger partial charge on any atom is -0.312 e. The third-order valence-electron chi connectivity index (χ3n) is 3.44. The minimum atomic E-state index is -0.442. The molecule has 18 heavy (non-hydrogen) atoms. The van der Waals surface area contributed by atoms with Crippen LogP contribution in [-0.4, -0.2) is 11.5 Å². The molecule has 1 aliphatic rings. The lowest BCUT2D eigenvalue weighted by atomic mass is 10.1. The molecule has 0 radical (unpaired) electrons. The highest BCUT2D eigenvalue weighted by Crippen LogP contribution is 2.26. The molecule has 4 nitrogen and oxygen atoms in total. The number of halogens is 1. The van der Waals surface area contributed by atoms with Crippen LogP contribution in [0, 0.1) is 16.0 Å². The molecule has 0 aromatic heterocycles. The normalized spacial score (nSPS) is 16.1. The van der Waals surface area contributed by atoms with Crippen molar-refractivity contribution < 1.29 is 4.92 Å². The Hall–Kier alpha value is -1.13. The Balaban J connectivity index is 1.88. The van der Waals surface area contributed by atoms with E-state index in [4.69, 9.17) is 11.6 Å². The van der Waals surface area contributed by atoms with Gasteiger partial charge in [0.15, 0.2) is 0 Å². The summed E-state index contributed by atoms with van der Waals surface area (Å²) in [6.45, 7) is 1.66. The highest BCUT2D eigenvalue weighted by atomic mass is 35.5. The van der Waals surface area contributed by atoms with E-state index in [-0.39, 0.29) is 10.7 Å². The molecule has 98 valence electrons. The summed E-state index contributed by atoms with van der Waals surface area (Å²) in [4.78, 5) is 10.3. The quantitative estimate of drug-likeness (QED) is 0.656. The van der Waals surface area contributed by atoms with E-state index < -0.39 is 4.92 Å². The second-order valence-corrected chi connectivity index (χ2v) is 5.23. The van der Waals surface area contributed by atoms with E-state index in [2.05, 4.69) is 5.32 Å². The lowest BCUT2D eigenvalue weighted by Crippen LogP contribution is -2.20. The van der Waals surface area contributed by atoms with Gasteiger partial charge in [0.25, 0.3) is 5.69 Å². The van der Waals surface area contributed by atoms with Gasteiger partial charge in [-0.2, -0.15) is 0 Å². The van der Waals surface area contributed by atoms with Crippen molar-refractivity contribution in [3.05, 3.63) is 38.9 Å². The zero-order chi connectivity index (χ0) is 13.0. The Morgan fingerprint density at radius 2 is 2.11 bits per heavy atom. The number of nitro benzene ring substituents is 1. The zero-order valence-corrected chi connectivity index (χ0v) is 10.9. The lowest BCUT2D eigenvalue weighted by Gasteiger charge is -2.10. The number of hydrogen-bond acceptors (Lipinski definition) is 3. The van der Waals surface area contributed by atoms with E-state index in [9.17, 15) is 10.1 Å². The second-order valence-electron chi connectivity index (χ2n) is 4.82. The van der Waals surface area contributed by atoms with Gasteiger partial charge in [0.2, 0.25) is 0 Å². The maximum Gasteiger partial charge on any atom is 0.288 e. The van der Waals surface area contributed by atoms with Crippen molar-refractivity contribution in [1.82, 2.24) is 5.32 Å². The van der Waals surface area contributed by atoms with Crippen molar-refractivity contribution in [2.24, 2.45) is 5.92 Å². The molecule has 1 N–H and O–H groups in total. The van der Waals surface area contributed by atoms with Gasteiger partial charge in [0.05, 0.1) is 4.92 Å². The summed E-state index contributed by atoms with van der Waals surface area (Å²) in [6.07, 6.45) is 5.26. The molecule has 0 heterocycles. The fraction of sp³-hybridized carbons (Fsp3) is 0.538. The average molecular weight is 269 g/mol. The highest BCUT2D eigenvalue weighted by Gasteiger charge is 2.15. The van der Waals surface area contributed by atoms with Gasteiger partial charge in [-0.15, -0.1) is 0 Å². The highest BCUT2D eigenvalue weighted by molar-refractivity contribution is 6.32. The molecule has 1 aromatic carbocycles. The average Bonchev–Trinajstić information content (AvgIpc) is 2.84. The van der Waals surface area contributed by atoms with Crippen molar-refractivity contribution in [2.45, 2.75) is 32.2 Å². The van der Waals surface area contributed by atoms with E-state index in [0.717, 1.165) is 18.0 Å². The lowest BCUT2D eigenvalue weighted by molar-refractivity contribution is -0.384. The van der Waals surface area contributed by atoms with Crippen molar-refractivity contribution in [3.63, 3.8) is 0 Å². The van der Waals surface area contributed by atoms with Gasteiger partial charge in [-0.3, -0.25) is 10.1 Å². The molecule has 0 unspecified atom stereocenters. The van der Waals surface area contributed by atoms with Gasteiger partial charge >= 0.3 is 0 Å². The molecular weight excluding hydrogens is 252 g/mol. The van der Waals surface area contributed by atoms with Crippen LogP contribution in [0.5, 0.6) is 0 Å². The van der Waals surface area contributed by atoms with Gasteiger partial charge in [-0.05, 0) is 36.9 Å². The van der Waals surface area contributed by atoms with Crippen LogP contribution in [0.1, 0.15) is 31.2 Å². The molecule has 1 aromatic rings. The summed E-state index contributed by atoms with van der Waals surface area (Å²) < 4.78 is 0. The number of benzene rings is 1. The van der Waals surface area contributed by atoms with E-state index in [0.29, 0.717) is 6.54 Å². The standard InChI is InChI=1S/C13H17ClN2O2/c14-12-6-5-11(7-13(12)16(17)18)9-15-8-10-3-1-2-4-10/h5-7,10,15H,1-4,8-9H2. The molecule has 5 heteroatoms. The molecule has 0 spiro atoms. The fourth-order valence-electron chi connectivity index (χ4n) is 2.44. The molecule has 0 saturated heterocycles. The van der Waals surface area contributed by atoms with Crippen LogP contribution >= 0.6 is 11.6 Å². The predicted octanol–water partition coefficient (Wildman–Crippen LogP) is 3.53. The molecular formula is C13H17ClN2O2. The Morgan fingerprint density at radius 3 is 2.78 bits per heavy atom. The molecule has 0 atom stereocenters. The van der Waals surface area contributed by atoms with Crippen LogP contribution in [0.3, 0.4) is 0 Å². The van der Waals surface area contributed by atoms with Crippen LogP contribution in [0.4, 0.5) is 5.69 Å². The molecule has 0 amide bonds. The van der Waals surface area contributed by atoms with Gasteiger partial charge in [-0.1, -0.05) is 30.5 Å². The molecule has 1 fully saturated rings. The predicted molar refractivity (Wildman–Crippen MR) is 71.8 cm³/mol. The number of hydrogen-bond donors (Lipinski definition) is 1. The maximum absolute atomic E-state index is 10.8. The first-order valence-electron chi connectivity index (χ1n) is 6.30. The van der Waals surface area contributed by atoms with Crippen LogP contribution in [0.2, 0.25) is 5.02 Å². The van der Waals surface area contributed by atoms with E-state index >= 15 is 0 Å². The Morgan fingerprint density at radius 1 is 1.39 bits per heavy atom. The number of nitrogens with zero attached hydrogens (tertiary/aromatic N) is 1. The smallest absolute Gasteiger partial charge is 0.288 e. The van der Waals surface area contributed by atoms with E-state index in [1.807, 2.05) is 6.07 Å². The summed E-state index contributed by atoms with van der Waals surface area (Å²) in [5, 5.41) is 14.3. The third kappa shape index (κ3) is 3.43. The summed E-state index contributed by atoms with van der Waals surface area (Å²) in [5.41, 5.74) is 0.890. The van der Waals surface area contributed by atoms with Crippen LogP contribution < -0.4 is 5.32 Å². The van der Waals surface area contributed by atoms with Gasteiger partial charge in [0.1, 0.15) is 5.02 Å². The van der Waals surface area contributed by atoms with Crippen molar-refractivity contribution in [1.29, 1.82) is 0 Å². The van der Waals surface area contributed by atoms with Crippen LogP contribution in [0.25, 0.3) is 0 Å². The number of rotatable bonds is 5. The first kappa shape index (κ1) is 13.3. The third-order valence-corrected chi connectivity index (χ3v) is 3.76. The summed E-state index contributed by atoms with van der Waals surface area (Å²) in [7, 11) is 0. The van der Waals surface area contributed by atoms with Crippen molar-refractivity contribution in [3.8, 4) is 0 Å². The number of nitro groups is 1. The topological polar surface area (TPSA) is 55.2 Å². The van der Waals surface area contributed by atoms with Crippen molar-refractivity contribution in [2.75, 3.05) is 6.54 Å². The SMILES string of the molecule is O=[N+]([O-])c1cc(CNCC2CCCC2)ccc1Cl. The second kappa shape index (κ2) is 6.16. The largest absolute Gasteiger partial charge is 0.312 e. The fourth-order valence-corrected chi connectivity index (χ4v) is 2.63.